The van der Waals surface area contributed by atoms with Crippen LogP contribution in [0, 0.1) is 5.92 Å². The molecule has 0 unspecified atom stereocenters. The summed E-state index contributed by atoms with van der Waals surface area (Å²) in [5, 5.41) is 7.85. The van der Waals surface area contributed by atoms with Crippen molar-refractivity contribution in [3.8, 4) is 0 Å². The van der Waals surface area contributed by atoms with Crippen LogP contribution in [0.2, 0.25) is 0 Å². The minimum atomic E-state index is -0.105. The number of hydrogen-bond donors (Lipinski definition) is 2. The van der Waals surface area contributed by atoms with Crippen LogP contribution in [0.4, 0.5) is 5.69 Å². The molecule has 0 spiro atoms. The largest absolute Gasteiger partial charge is 0.348 e. The van der Waals surface area contributed by atoms with Gasteiger partial charge in [-0.2, -0.15) is 0 Å². The van der Waals surface area contributed by atoms with Crippen molar-refractivity contribution in [2.45, 2.75) is 33.2 Å². The number of rotatable bonds is 6. The average molecular weight is 330 g/mol. The Morgan fingerprint density at radius 2 is 1.83 bits per heavy atom. The topological polar surface area (TPSA) is 58.2 Å². The molecular weight excluding hydrogens is 308 g/mol. The maximum atomic E-state index is 12.3. The van der Waals surface area contributed by atoms with Crippen LogP contribution >= 0.6 is 11.3 Å². The van der Waals surface area contributed by atoms with Gasteiger partial charge in [0.25, 0.3) is 0 Å². The van der Waals surface area contributed by atoms with Crippen molar-refractivity contribution in [2.24, 2.45) is 5.92 Å². The standard InChI is InChI=1S/C18H22N2O2S/c1-12(2)18(16-5-4-10-23-16)20-17(22)11-14-6-8-15(9-7-14)19-13(3)21/h4-10,12,18H,11H2,1-3H3,(H,19,21)(H,20,22)/t18-/m1/s1. The lowest BCUT2D eigenvalue weighted by Crippen LogP contribution is -2.32. The first-order valence-electron chi connectivity index (χ1n) is 7.65. The van der Waals surface area contributed by atoms with Gasteiger partial charge in [-0.25, -0.2) is 0 Å². The highest BCUT2D eigenvalue weighted by atomic mass is 32.1. The summed E-state index contributed by atoms with van der Waals surface area (Å²) >= 11 is 1.66. The molecule has 0 radical (unpaired) electrons. The summed E-state index contributed by atoms with van der Waals surface area (Å²) in [5.41, 5.74) is 1.66. The molecule has 1 aromatic heterocycles. The Labute approximate surface area is 140 Å². The highest BCUT2D eigenvalue weighted by Crippen LogP contribution is 2.25. The molecule has 2 aromatic rings. The van der Waals surface area contributed by atoms with Crippen molar-refractivity contribution in [1.82, 2.24) is 5.32 Å². The molecule has 0 saturated carbocycles. The summed E-state index contributed by atoms with van der Waals surface area (Å²) < 4.78 is 0. The molecule has 1 heterocycles. The van der Waals surface area contributed by atoms with Crippen LogP contribution in [-0.4, -0.2) is 11.8 Å². The van der Waals surface area contributed by atoms with E-state index in [9.17, 15) is 9.59 Å². The van der Waals surface area contributed by atoms with Gasteiger partial charge in [-0.1, -0.05) is 32.0 Å². The second-order valence-electron chi connectivity index (χ2n) is 5.86. The number of hydrogen-bond acceptors (Lipinski definition) is 3. The molecule has 1 aromatic carbocycles. The molecule has 0 fully saturated rings. The molecule has 0 aliphatic rings. The van der Waals surface area contributed by atoms with E-state index in [0.29, 0.717) is 12.3 Å². The van der Waals surface area contributed by atoms with E-state index < -0.39 is 0 Å². The minimum absolute atomic E-state index is 0.00405. The predicted molar refractivity (Wildman–Crippen MR) is 94.5 cm³/mol. The molecule has 1 atom stereocenters. The second kappa shape index (κ2) is 7.92. The molecule has 0 aliphatic carbocycles. The number of anilines is 1. The predicted octanol–water partition coefficient (Wildman–Crippen LogP) is 3.76. The number of thiophene rings is 1. The summed E-state index contributed by atoms with van der Waals surface area (Å²) in [5.74, 6) is 0.232. The molecule has 2 rings (SSSR count). The zero-order chi connectivity index (χ0) is 16.8. The highest BCUT2D eigenvalue weighted by molar-refractivity contribution is 7.10. The third kappa shape index (κ3) is 5.21. The van der Waals surface area contributed by atoms with Crippen LogP contribution in [0.5, 0.6) is 0 Å². The molecule has 2 N–H and O–H groups in total. The zero-order valence-electron chi connectivity index (χ0n) is 13.6. The van der Waals surface area contributed by atoms with Gasteiger partial charge in [0.2, 0.25) is 11.8 Å². The molecule has 23 heavy (non-hydrogen) atoms. The third-order valence-electron chi connectivity index (χ3n) is 3.47. The SMILES string of the molecule is CC(=O)Nc1ccc(CC(=O)N[C@@H](c2cccs2)C(C)C)cc1. The Morgan fingerprint density at radius 3 is 2.35 bits per heavy atom. The average Bonchev–Trinajstić information content (AvgIpc) is 3.00. The Balaban J connectivity index is 1.97. The van der Waals surface area contributed by atoms with Crippen molar-refractivity contribution in [1.29, 1.82) is 0 Å². The lowest BCUT2D eigenvalue weighted by atomic mass is 10.0. The summed E-state index contributed by atoms with van der Waals surface area (Å²) in [7, 11) is 0. The van der Waals surface area contributed by atoms with Gasteiger partial charge in [-0.3, -0.25) is 9.59 Å². The van der Waals surface area contributed by atoms with E-state index in [1.54, 1.807) is 11.3 Å². The fourth-order valence-electron chi connectivity index (χ4n) is 2.35. The Morgan fingerprint density at radius 1 is 1.13 bits per heavy atom. The van der Waals surface area contributed by atoms with Crippen molar-refractivity contribution < 1.29 is 9.59 Å². The van der Waals surface area contributed by atoms with Crippen LogP contribution in [0.3, 0.4) is 0 Å². The number of carbonyl (C=O) groups is 2. The lowest BCUT2D eigenvalue weighted by molar-refractivity contribution is -0.121. The van der Waals surface area contributed by atoms with E-state index in [0.717, 1.165) is 11.3 Å². The number of amides is 2. The van der Waals surface area contributed by atoms with Gasteiger partial charge in [-0.15, -0.1) is 11.3 Å². The van der Waals surface area contributed by atoms with Crippen molar-refractivity contribution in [3.05, 3.63) is 52.2 Å². The molecule has 5 heteroatoms. The first-order valence-corrected chi connectivity index (χ1v) is 8.53. The fourth-order valence-corrected chi connectivity index (χ4v) is 3.30. The molecule has 2 amide bonds. The van der Waals surface area contributed by atoms with E-state index in [4.69, 9.17) is 0 Å². The van der Waals surface area contributed by atoms with Crippen molar-refractivity contribution in [3.63, 3.8) is 0 Å². The van der Waals surface area contributed by atoms with Gasteiger partial charge in [0.15, 0.2) is 0 Å². The van der Waals surface area contributed by atoms with Gasteiger partial charge < -0.3 is 10.6 Å². The zero-order valence-corrected chi connectivity index (χ0v) is 14.4. The van der Waals surface area contributed by atoms with E-state index in [1.807, 2.05) is 35.7 Å². The third-order valence-corrected chi connectivity index (χ3v) is 4.43. The maximum Gasteiger partial charge on any atom is 0.224 e. The van der Waals surface area contributed by atoms with Crippen LogP contribution in [0.15, 0.2) is 41.8 Å². The quantitative estimate of drug-likeness (QED) is 0.847. The molecular formula is C18H22N2O2S. The van der Waals surface area contributed by atoms with Crippen molar-refractivity contribution in [2.75, 3.05) is 5.32 Å². The van der Waals surface area contributed by atoms with Crippen LogP contribution in [-0.2, 0) is 16.0 Å². The summed E-state index contributed by atoms with van der Waals surface area (Å²) in [6, 6.07) is 11.4. The molecule has 0 bridgehead atoms. The van der Waals surface area contributed by atoms with Gasteiger partial charge in [-0.05, 0) is 35.1 Å². The first-order chi connectivity index (χ1) is 11.0. The van der Waals surface area contributed by atoms with Crippen LogP contribution in [0.25, 0.3) is 0 Å². The Bertz CT molecular complexity index is 648. The number of nitrogens with one attached hydrogen (secondary N) is 2. The Kier molecular flexibility index (Phi) is 5.93. The lowest BCUT2D eigenvalue weighted by Gasteiger charge is -2.21. The summed E-state index contributed by atoms with van der Waals surface area (Å²) in [4.78, 5) is 24.5. The monoisotopic (exact) mass is 330 g/mol. The van der Waals surface area contributed by atoms with E-state index >= 15 is 0 Å². The molecule has 0 saturated heterocycles. The summed E-state index contributed by atoms with van der Waals surface area (Å²) in [6.07, 6.45) is 0.328. The normalized spacial score (nSPS) is 12.0. The van der Waals surface area contributed by atoms with Crippen molar-refractivity contribution >= 4 is 28.8 Å². The Hall–Kier alpha value is -2.14. The second-order valence-corrected chi connectivity index (χ2v) is 6.84. The number of carbonyl (C=O) groups excluding carboxylic acids is 2. The van der Waals surface area contributed by atoms with E-state index in [2.05, 4.69) is 30.5 Å². The maximum absolute atomic E-state index is 12.3. The smallest absolute Gasteiger partial charge is 0.224 e. The fraction of sp³-hybridized carbons (Fsp3) is 0.333. The van der Waals surface area contributed by atoms with E-state index in [-0.39, 0.29) is 17.9 Å². The van der Waals surface area contributed by atoms with Gasteiger partial charge >= 0.3 is 0 Å². The molecule has 122 valence electrons. The summed E-state index contributed by atoms with van der Waals surface area (Å²) in [6.45, 7) is 5.68. The molecule has 4 nitrogen and oxygen atoms in total. The van der Waals surface area contributed by atoms with E-state index in [1.165, 1.54) is 11.8 Å². The first kappa shape index (κ1) is 17.2. The van der Waals surface area contributed by atoms with Crippen LogP contribution < -0.4 is 10.6 Å². The minimum Gasteiger partial charge on any atom is -0.348 e. The van der Waals surface area contributed by atoms with Crippen LogP contribution in [0.1, 0.15) is 37.3 Å². The molecule has 0 aliphatic heterocycles. The highest BCUT2D eigenvalue weighted by Gasteiger charge is 2.19. The number of benzene rings is 1. The van der Waals surface area contributed by atoms with Gasteiger partial charge in [0, 0.05) is 17.5 Å². The van der Waals surface area contributed by atoms with Gasteiger partial charge in [0.05, 0.1) is 12.5 Å². The van der Waals surface area contributed by atoms with Gasteiger partial charge in [0.1, 0.15) is 0 Å².